The van der Waals surface area contributed by atoms with Crippen molar-refractivity contribution < 1.29 is 4.79 Å². The second-order valence-electron chi connectivity index (χ2n) is 4.10. The molecule has 0 aliphatic heterocycles. The van der Waals surface area contributed by atoms with Crippen molar-refractivity contribution in [2.75, 3.05) is 5.32 Å². The van der Waals surface area contributed by atoms with E-state index in [0.717, 1.165) is 16.8 Å². The lowest BCUT2D eigenvalue weighted by Crippen LogP contribution is -2.11. The number of aryl methyl sites for hydroxylation is 2. The first-order valence-electron chi connectivity index (χ1n) is 5.52. The Labute approximate surface area is 105 Å². The van der Waals surface area contributed by atoms with Crippen LogP contribution in [-0.2, 0) is 0 Å². The van der Waals surface area contributed by atoms with Gasteiger partial charge in [-0.2, -0.15) is 0 Å². The van der Waals surface area contributed by atoms with E-state index < -0.39 is 5.91 Å². The first-order valence-corrected chi connectivity index (χ1v) is 5.52. The normalized spacial score (nSPS) is 10.1. The lowest BCUT2D eigenvalue weighted by atomic mass is 10.1. The molecule has 5 heteroatoms. The standard InChI is InChI=1S/C13H14N4O/c1-8-6-15-13(16-7-8)17-11-4-3-10(12(14)18)5-9(11)2/h3-7H,1-2H3,(H2,14,18)(H,15,16,17). The van der Waals surface area contributed by atoms with Crippen LogP contribution < -0.4 is 11.1 Å². The van der Waals surface area contributed by atoms with Crippen molar-refractivity contribution in [1.82, 2.24) is 9.97 Å². The molecule has 0 saturated carbocycles. The Morgan fingerprint density at radius 3 is 2.44 bits per heavy atom. The predicted molar refractivity (Wildman–Crippen MR) is 69.7 cm³/mol. The number of nitrogens with zero attached hydrogens (tertiary/aromatic N) is 2. The number of anilines is 2. The van der Waals surface area contributed by atoms with Crippen molar-refractivity contribution in [2.24, 2.45) is 5.73 Å². The highest BCUT2D eigenvalue weighted by Crippen LogP contribution is 2.19. The molecule has 0 radical (unpaired) electrons. The van der Waals surface area contributed by atoms with E-state index in [1.54, 1.807) is 30.6 Å². The van der Waals surface area contributed by atoms with Gasteiger partial charge in [0.1, 0.15) is 0 Å². The fourth-order valence-corrected chi connectivity index (χ4v) is 1.53. The Morgan fingerprint density at radius 2 is 1.89 bits per heavy atom. The molecule has 0 spiro atoms. The molecular weight excluding hydrogens is 228 g/mol. The van der Waals surface area contributed by atoms with Crippen molar-refractivity contribution >= 4 is 17.5 Å². The molecule has 2 aromatic rings. The molecule has 1 heterocycles. The number of amides is 1. The minimum atomic E-state index is -0.434. The molecule has 92 valence electrons. The smallest absolute Gasteiger partial charge is 0.248 e. The zero-order chi connectivity index (χ0) is 13.1. The van der Waals surface area contributed by atoms with Gasteiger partial charge in [0.15, 0.2) is 0 Å². The highest BCUT2D eigenvalue weighted by Gasteiger charge is 2.05. The van der Waals surface area contributed by atoms with Crippen LogP contribution in [0.25, 0.3) is 0 Å². The number of nitrogens with one attached hydrogen (secondary N) is 1. The number of hydrogen-bond donors (Lipinski definition) is 2. The average Bonchev–Trinajstić information content (AvgIpc) is 2.34. The second kappa shape index (κ2) is 4.83. The first-order chi connectivity index (χ1) is 8.56. The van der Waals surface area contributed by atoms with E-state index >= 15 is 0 Å². The average molecular weight is 242 g/mol. The van der Waals surface area contributed by atoms with Crippen LogP contribution in [0.1, 0.15) is 21.5 Å². The molecule has 1 aromatic heterocycles. The van der Waals surface area contributed by atoms with Gasteiger partial charge in [-0.05, 0) is 43.2 Å². The van der Waals surface area contributed by atoms with Crippen LogP contribution in [0.4, 0.5) is 11.6 Å². The Morgan fingerprint density at radius 1 is 1.22 bits per heavy atom. The maximum atomic E-state index is 11.0. The number of aromatic nitrogens is 2. The molecule has 0 saturated heterocycles. The maximum Gasteiger partial charge on any atom is 0.248 e. The largest absolute Gasteiger partial charge is 0.366 e. The maximum absolute atomic E-state index is 11.0. The minimum Gasteiger partial charge on any atom is -0.366 e. The van der Waals surface area contributed by atoms with Crippen molar-refractivity contribution in [3.05, 3.63) is 47.3 Å². The summed E-state index contributed by atoms with van der Waals surface area (Å²) < 4.78 is 0. The van der Waals surface area contributed by atoms with Gasteiger partial charge in [0.2, 0.25) is 11.9 Å². The lowest BCUT2D eigenvalue weighted by Gasteiger charge is -2.08. The van der Waals surface area contributed by atoms with Gasteiger partial charge in [-0.15, -0.1) is 0 Å². The van der Waals surface area contributed by atoms with Gasteiger partial charge in [0.05, 0.1) is 0 Å². The quantitative estimate of drug-likeness (QED) is 0.861. The van der Waals surface area contributed by atoms with Gasteiger partial charge >= 0.3 is 0 Å². The van der Waals surface area contributed by atoms with Crippen molar-refractivity contribution in [3.63, 3.8) is 0 Å². The van der Waals surface area contributed by atoms with E-state index in [-0.39, 0.29) is 0 Å². The number of primary amides is 1. The number of rotatable bonds is 3. The van der Waals surface area contributed by atoms with Gasteiger partial charge in [-0.1, -0.05) is 0 Å². The van der Waals surface area contributed by atoms with Crippen LogP contribution in [0.5, 0.6) is 0 Å². The van der Waals surface area contributed by atoms with Crippen LogP contribution in [0, 0.1) is 13.8 Å². The number of carbonyl (C=O) groups excluding carboxylic acids is 1. The van der Waals surface area contributed by atoms with Gasteiger partial charge in [-0.25, -0.2) is 9.97 Å². The molecule has 2 rings (SSSR count). The monoisotopic (exact) mass is 242 g/mol. The highest BCUT2D eigenvalue weighted by molar-refractivity contribution is 5.93. The zero-order valence-corrected chi connectivity index (χ0v) is 10.3. The highest BCUT2D eigenvalue weighted by atomic mass is 16.1. The van der Waals surface area contributed by atoms with Gasteiger partial charge in [0, 0.05) is 23.6 Å². The first kappa shape index (κ1) is 12.0. The summed E-state index contributed by atoms with van der Waals surface area (Å²) in [6, 6.07) is 5.20. The fraction of sp³-hybridized carbons (Fsp3) is 0.154. The Bertz CT molecular complexity index is 578. The molecule has 0 bridgehead atoms. The van der Waals surface area contributed by atoms with Gasteiger partial charge in [0.25, 0.3) is 0 Å². The Kier molecular flexibility index (Phi) is 3.23. The second-order valence-corrected chi connectivity index (χ2v) is 4.10. The van der Waals surface area contributed by atoms with Crippen molar-refractivity contribution in [3.8, 4) is 0 Å². The lowest BCUT2D eigenvalue weighted by molar-refractivity contribution is 0.1000. The van der Waals surface area contributed by atoms with E-state index in [2.05, 4.69) is 15.3 Å². The third kappa shape index (κ3) is 2.63. The SMILES string of the molecule is Cc1cnc(Nc2ccc(C(N)=O)cc2C)nc1. The van der Waals surface area contributed by atoms with Crippen LogP contribution in [0.15, 0.2) is 30.6 Å². The van der Waals surface area contributed by atoms with Crippen LogP contribution >= 0.6 is 0 Å². The summed E-state index contributed by atoms with van der Waals surface area (Å²) in [7, 11) is 0. The minimum absolute atomic E-state index is 0.434. The van der Waals surface area contributed by atoms with E-state index in [1.165, 1.54) is 0 Å². The molecule has 0 fully saturated rings. The molecular formula is C13H14N4O. The summed E-state index contributed by atoms with van der Waals surface area (Å²) in [5.74, 6) is 0.0896. The molecule has 0 atom stereocenters. The summed E-state index contributed by atoms with van der Waals surface area (Å²) in [6.07, 6.45) is 3.48. The number of carbonyl (C=O) groups is 1. The van der Waals surface area contributed by atoms with Gasteiger partial charge in [-0.3, -0.25) is 4.79 Å². The van der Waals surface area contributed by atoms with E-state index in [4.69, 9.17) is 5.73 Å². The van der Waals surface area contributed by atoms with Crippen LogP contribution in [0.2, 0.25) is 0 Å². The number of benzene rings is 1. The van der Waals surface area contributed by atoms with Crippen molar-refractivity contribution in [2.45, 2.75) is 13.8 Å². The summed E-state index contributed by atoms with van der Waals surface area (Å²) in [5.41, 5.74) is 8.47. The molecule has 3 N–H and O–H groups in total. The third-order valence-electron chi connectivity index (χ3n) is 2.54. The van der Waals surface area contributed by atoms with E-state index in [0.29, 0.717) is 11.5 Å². The van der Waals surface area contributed by atoms with Gasteiger partial charge < -0.3 is 11.1 Å². The summed E-state index contributed by atoms with van der Waals surface area (Å²) >= 11 is 0. The molecule has 0 aliphatic rings. The molecule has 1 amide bonds. The molecule has 5 nitrogen and oxygen atoms in total. The number of nitrogens with two attached hydrogens (primary N) is 1. The Balaban J connectivity index is 2.24. The molecule has 18 heavy (non-hydrogen) atoms. The summed E-state index contributed by atoms with van der Waals surface area (Å²) in [6.45, 7) is 3.82. The zero-order valence-electron chi connectivity index (χ0n) is 10.3. The summed E-state index contributed by atoms with van der Waals surface area (Å²) in [5, 5.41) is 3.09. The Hall–Kier alpha value is -2.43. The van der Waals surface area contributed by atoms with Crippen molar-refractivity contribution in [1.29, 1.82) is 0 Å². The molecule has 0 aliphatic carbocycles. The summed E-state index contributed by atoms with van der Waals surface area (Å²) in [4.78, 5) is 19.4. The molecule has 0 unspecified atom stereocenters. The number of hydrogen-bond acceptors (Lipinski definition) is 4. The third-order valence-corrected chi connectivity index (χ3v) is 2.54. The predicted octanol–water partition coefficient (Wildman–Crippen LogP) is 1.94. The fourth-order valence-electron chi connectivity index (χ4n) is 1.53. The molecule has 1 aromatic carbocycles. The van der Waals surface area contributed by atoms with Crippen LogP contribution in [-0.4, -0.2) is 15.9 Å². The van der Waals surface area contributed by atoms with E-state index in [1.807, 2.05) is 13.8 Å². The topological polar surface area (TPSA) is 80.9 Å². The van der Waals surface area contributed by atoms with E-state index in [9.17, 15) is 4.79 Å². The van der Waals surface area contributed by atoms with Crippen LogP contribution in [0.3, 0.4) is 0 Å².